The van der Waals surface area contributed by atoms with Gasteiger partial charge in [0, 0.05) is 67.2 Å². The van der Waals surface area contributed by atoms with Crippen molar-refractivity contribution in [3.8, 4) is 0 Å². The highest BCUT2D eigenvalue weighted by Crippen LogP contribution is 2.36. The number of amides is 4. The summed E-state index contributed by atoms with van der Waals surface area (Å²) in [4.78, 5) is 59.8. The molecule has 0 radical (unpaired) electrons. The Morgan fingerprint density at radius 2 is 0.559 bits per heavy atom. The van der Waals surface area contributed by atoms with Crippen LogP contribution in [0.5, 0.6) is 0 Å². The van der Waals surface area contributed by atoms with Gasteiger partial charge in [0.1, 0.15) is 11.2 Å². The molecule has 0 atom stereocenters. The Morgan fingerprint density at radius 1 is 0.353 bits per heavy atom. The van der Waals surface area contributed by atoms with Crippen LogP contribution in [-0.4, -0.2) is 83.0 Å². The first-order chi connectivity index (χ1) is 32.3. The summed E-state index contributed by atoms with van der Waals surface area (Å²) in [6.45, 7) is 13.0. The van der Waals surface area contributed by atoms with Gasteiger partial charge in [-0.15, -0.1) is 0 Å². The van der Waals surface area contributed by atoms with E-state index in [1.54, 1.807) is 23.9 Å². The highest BCUT2D eigenvalue weighted by Gasteiger charge is 2.25. The van der Waals surface area contributed by atoms with Crippen LogP contribution in [0.2, 0.25) is 0 Å². The zero-order valence-electron chi connectivity index (χ0n) is 42.4. The number of unbranched alkanes of at least 4 members (excludes halogenated alkanes) is 7. The van der Waals surface area contributed by atoms with Gasteiger partial charge >= 0.3 is 12.2 Å². The van der Waals surface area contributed by atoms with Crippen LogP contribution in [0.25, 0.3) is 43.1 Å². The van der Waals surface area contributed by atoms with E-state index in [0.717, 1.165) is 117 Å². The fourth-order valence-electron chi connectivity index (χ4n) is 9.23. The number of hydrogen-bond donors (Lipinski definition) is 0. The van der Waals surface area contributed by atoms with E-state index < -0.39 is 11.2 Å². The molecule has 6 aromatic carbocycles. The Kier molecular flexibility index (Phi) is 17.1. The molecule has 0 fully saturated rings. The third-order valence-corrected chi connectivity index (χ3v) is 12.7. The third kappa shape index (κ3) is 13.3. The van der Waals surface area contributed by atoms with Crippen LogP contribution in [-0.2, 0) is 45.2 Å². The van der Waals surface area contributed by atoms with Crippen LogP contribution in [0.15, 0.2) is 97.1 Å². The monoisotopic (exact) mass is 923 g/mol. The minimum absolute atomic E-state index is 0.142. The van der Waals surface area contributed by atoms with Gasteiger partial charge in [0.25, 0.3) is 0 Å². The molecule has 0 bridgehead atoms. The predicted octanol–water partition coefficient (Wildman–Crippen LogP) is 13.6. The molecule has 0 N–H and O–H groups in total. The molecule has 10 heteroatoms. The number of hydrogen-bond acceptors (Lipinski definition) is 6. The van der Waals surface area contributed by atoms with Crippen molar-refractivity contribution in [1.29, 1.82) is 0 Å². The average molecular weight is 923 g/mol. The van der Waals surface area contributed by atoms with Crippen LogP contribution in [0.3, 0.4) is 0 Å². The molecule has 0 unspecified atom stereocenters. The molecule has 6 rings (SSSR count). The van der Waals surface area contributed by atoms with E-state index in [1.807, 2.05) is 114 Å². The number of nitrogens with zero attached hydrogens (tertiary/aromatic N) is 4. The molecule has 6 aromatic rings. The van der Waals surface area contributed by atoms with Crippen molar-refractivity contribution in [3.63, 3.8) is 0 Å². The topological polar surface area (TPSA) is 99.7 Å². The highest BCUT2D eigenvalue weighted by atomic mass is 16.6. The second-order valence-electron chi connectivity index (χ2n) is 20.6. The summed E-state index contributed by atoms with van der Waals surface area (Å²) in [7, 11) is 7.34. The number of ether oxygens (including phenoxy) is 2. The van der Waals surface area contributed by atoms with E-state index in [0.29, 0.717) is 39.0 Å². The van der Waals surface area contributed by atoms with Gasteiger partial charge < -0.3 is 29.1 Å². The lowest BCUT2D eigenvalue weighted by Gasteiger charge is -2.26. The van der Waals surface area contributed by atoms with Gasteiger partial charge in [0.2, 0.25) is 11.8 Å². The largest absolute Gasteiger partial charge is 0.444 e. The van der Waals surface area contributed by atoms with E-state index in [-0.39, 0.29) is 24.0 Å². The van der Waals surface area contributed by atoms with Gasteiger partial charge in [-0.1, -0.05) is 136 Å². The van der Waals surface area contributed by atoms with E-state index in [1.165, 1.54) is 0 Å². The fraction of sp³-hybridized carbons (Fsp3) is 0.448. The Bertz CT molecular complexity index is 2430. The van der Waals surface area contributed by atoms with Crippen LogP contribution < -0.4 is 0 Å². The van der Waals surface area contributed by atoms with Gasteiger partial charge in [0.15, 0.2) is 0 Å². The summed E-state index contributed by atoms with van der Waals surface area (Å²) in [6, 6.07) is 33.1. The Balaban J connectivity index is 0.940. The third-order valence-electron chi connectivity index (χ3n) is 12.7. The first-order valence-corrected chi connectivity index (χ1v) is 24.5. The van der Waals surface area contributed by atoms with Gasteiger partial charge in [0.05, 0.1) is 0 Å². The van der Waals surface area contributed by atoms with Crippen molar-refractivity contribution in [2.75, 3.05) is 28.2 Å². The van der Waals surface area contributed by atoms with Crippen molar-refractivity contribution in [3.05, 3.63) is 119 Å². The van der Waals surface area contributed by atoms with Crippen LogP contribution >= 0.6 is 0 Å². The Labute approximate surface area is 404 Å². The Morgan fingerprint density at radius 3 is 0.779 bits per heavy atom. The summed E-state index contributed by atoms with van der Waals surface area (Å²) < 4.78 is 11.3. The van der Waals surface area contributed by atoms with Gasteiger partial charge in [-0.3, -0.25) is 9.59 Å². The molecule has 0 saturated carbocycles. The van der Waals surface area contributed by atoms with Crippen LogP contribution in [0.1, 0.15) is 128 Å². The van der Waals surface area contributed by atoms with E-state index in [2.05, 4.69) is 48.5 Å². The van der Waals surface area contributed by atoms with Gasteiger partial charge in [-0.2, -0.15) is 0 Å². The predicted molar refractivity (Wildman–Crippen MR) is 277 cm³/mol. The minimum Gasteiger partial charge on any atom is -0.444 e. The second-order valence-corrected chi connectivity index (χ2v) is 20.6. The van der Waals surface area contributed by atoms with E-state index >= 15 is 0 Å². The number of rotatable bonds is 19. The maximum atomic E-state index is 13.5. The fourth-order valence-corrected chi connectivity index (χ4v) is 9.23. The molecule has 0 heterocycles. The molecule has 0 aliphatic carbocycles. The molecule has 0 saturated heterocycles. The lowest BCUT2D eigenvalue weighted by molar-refractivity contribution is -0.131. The first kappa shape index (κ1) is 51.2. The lowest BCUT2D eigenvalue weighted by atomic mass is 9.91. The standard InChI is InChI=1S/C58H74N4O6/c1-57(2,3)67-55(65)61(9)39-51-45-31-23-19-27-41(45)49(42-28-20-24-32-46(42)51)37-59(7)53(63)35-17-15-13-11-12-14-16-18-36-54(64)60(8)38-50-43-29-21-25-33-47(43)52(48-34-26-22-30-44(48)50)40-62(10)56(66)68-58(4,5)6/h19-34H,11-18,35-40H2,1-10H3. The quantitative estimate of drug-likeness (QED) is 0.0593. The number of carbonyl (C=O) groups excluding carboxylic acids is 4. The first-order valence-electron chi connectivity index (χ1n) is 24.5. The molecule has 0 spiro atoms. The molecular formula is C58H74N4O6. The van der Waals surface area contributed by atoms with Crippen LogP contribution in [0, 0.1) is 0 Å². The smallest absolute Gasteiger partial charge is 0.410 e. The van der Waals surface area contributed by atoms with Crippen molar-refractivity contribution < 1.29 is 28.7 Å². The molecular weight excluding hydrogens is 849 g/mol. The second kappa shape index (κ2) is 22.8. The maximum absolute atomic E-state index is 13.5. The Hall–Kier alpha value is -6.16. The summed E-state index contributed by atoms with van der Waals surface area (Å²) in [6.07, 6.45) is 8.46. The van der Waals surface area contributed by atoms with Crippen molar-refractivity contribution >= 4 is 67.1 Å². The maximum Gasteiger partial charge on any atom is 0.410 e. The highest BCUT2D eigenvalue weighted by molar-refractivity contribution is 6.07. The minimum atomic E-state index is -0.585. The number of benzene rings is 6. The summed E-state index contributed by atoms with van der Waals surface area (Å²) in [5.74, 6) is 0.283. The van der Waals surface area contributed by atoms with Gasteiger partial charge in [-0.05, 0) is 120 Å². The van der Waals surface area contributed by atoms with E-state index in [9.17, 15) is 19.2 Å². The molecule has 0 aliphatic rings. The average Bonchev–Trinajstić information content (AvgIpc) is 3.30. The molecule has 0 aromatic heterocycles. The van der Waals surface area contributed by atoms with Gasteiger partial charge in [-0.25, -0.2) is 9.59 Å². The van der Waals surface area contributed by atoms with Crippen molar-refractivity contribution in [2.24, 2.45) is 0 Å². The molecule has 362 valence electrons. The zero-order valence-corrected chi connectivity index (χ0v) is 42.4. The lowest BCUT2D eigenvalue weighted by Crippen LogP contribution is -2.34. The molecule has 0 aliphatic heterocycles. The number of carbonyl (C=O) groups is 4. The van der Waals surface area contributed by atoms with Crippen molar-refractivity contribution in [2.45, 2.75) is 143 Å². The molecule has 4 amide bonds. The molecule has 10 nitrogen and oxygen atoms in total. The van der Waals surface area contributed by atoms with Crippen LogP contribution in [0.4, 0.5) is 9.59 Å². The summed E-state index contributed by atoms with van der Waals surface area (Å²) in [5.41, 5.74) is 3.17. The summed E-state index contributed by atoms with van der Waals surface area (Å²) in [5, 5.41) is 8.62. The van der Waals surface area contributed by atoms with E-state index in [4.69, 9.17) is 9.47 Å². The number of fused-ring (bicyclic) bond motifs is 4. The van der Waals surface area contributed by atoms with Crippen molar-refractivity contribution in [1.82, 2.24) is 19.6 Å². The SMILES string of the molecule is CN(Cc1c2ccccc2c(CN(C)C(=O)OC(C)(C)C)c2ccccc12)C(=O)CCCCCCCCCCC(=O)N(C)Cc1c2ccccc2c(CN(C)C(=O)OC(C)(C)C)c2ccccc12. The summed E-state index contributed by atoms with van der Waals surface area (Å²) >= 11 is 0. The molecule has 68 heavy (non-hydrogen) atoms. The zero-order chi connectivity index (χ0) is 49.2. The normalized spacial score (nSPS) is 11.9.